The van der Waals surface area contributed by atoms with Crippen molar-refractivity contribution in [2.75, 3.05) is 0 Å². The fraction of sp³-hybridized carbons (Fsp3) is 0.0588. The maximum absolute atomic E-state index is 11.8. The molecule has 0 aromatic heterocycles. The van der Waals surface area contributed by atoms with Crippen LogP contribution >= 0.6 is 0 Å². The standard InChI is InChI=1S/C17H14O4/c1-12-7-5-6-10-14(12)15(16(18)19)11-21-17(20)13-8-3-2-4-9-13/h2-11H,1H3,(H,18,19)/b15-11+. The molecule has 0 unspecified atom stereocenters. The summed E-state index contributed by atoms with van der Waals surface area (Å²) in [6, 6.07) is 15.4. The number of carboxylic acids is 1. The molecule has 21 heavy (non-hydrogen) atoms. The molecule has 0 amide bonds. The average molecular weight is 282 g/mol. The van der Waals surface area contributed by atoms with E-state index >= 15 is 0 Å². The van der Waals surface area contributed by atoms with E-state index in [0.717, 1.165) is 11.8 Å². The van der Waals surface area contributed by atoms with Crippen molar-refractivity contribution in [1.82, 2.24) is 0 Å². The minimum Gasteiger partial charge on any atom is -0.478 e. The molecule has 2 rings (SSSR count). The van der Waals surface area contributed by atoms with Crippen LogP contribution in [0.1, 0.15) is 21.5 Å². The average Bonchev–Trinajstić information content (AvgIpc) is 2.49. The Morgan fingerprint density at radius 2 is 1.62 bits per heavy atom. The molecule has 4 nitrogen and oxygen atoms in total. The number of carbonyl (C=O) groups is 2. The Labute approximate surface area is 122 Å². The Kier molecular flexibility index (Phi) is 4.51. The molecule has 4 heteroatoms. The monoisotopic (exact) mass is 282 g/mol. The molecule has 2 aromatic carbocycles. The third kappa shape index (κ3) is 3.57. The predicted molar refractivity (Wildman–Crippen MR) is 78.6 cm³/mol. The van der Waals surface area contributed by atoms with E-state index in [9.17, 15) is 14.7 Å². The Morgan fingerprint density at radius 3 is 2.24 bits per heavy atom. The van der Waals surface area contributed by atoms with E-state index in [2.05, 4.69) is 0 Å². The minimum atomic E-state index is -1.15. The lowest BCUT2D eigenvalue weighted by Crippen LogP contribution is -2.05. The number of aryl methyl sites for hydroxylation is 1. The number of esters is 1. The van der Waals surface area contributed by atoms with Gasteiger partial charge in [0, 0.05) is 0 Å². The first-order chi connectivity index (χ1) is 10.1. The van der Waals surface area contributed by atoms with Crippen LogP contribution in [0.5, 0.6) is 0 Å². The summed E-state index contributed by atoms with van der Waals surface area (Å²) >= 11 is 0. The van der Waals surface area contributed by atoms with E-state index in [1.54, 1.807) is 55.5 Å². The van der Waals surface area contributed by atoms with Gasteiger partial charge in [-0.25, -0.2) is 9.59 Å². The first kappa shape index (κ1) is 14.5. The molecular formula is C17H14O4. The van der Waals surface area contributed by atoms with Crippen molar-refractivity contribution in [3.63, 3.8) is 0 Å². The van der Waals surface area contributed by atoms with Crippen molar-refractivity contribution >= 4 is 17.5 Å². The van der Waals surface area contributed by atoms with Crippen molar-refractivity contribution in [2.45, 2.75) is 6.92 Å². The van der Waals surface area contributed by atoms with Crippen LogP contribution < -0.4 is 0 Å². The number of carboxylic acid groups (broad SMARTS) is 1. The highest BCUT2D eigenvalue weighted by atomic mass is 16.5. The molecule has 0 radical (unpaired) electrons. The molecule has 0 spiro atoms. The number of hydrogen-bond donors (Lipinski definition) is 1. The smallest absolute Gasteiger partial charge is 0.342 e. The molecule has 0 saturated heterocycles. The first-order valence-corrected chi connectivity index (χ1v) is 6.35. The Morgan fingerprint density at radius 1 is 1.00 bits per heavy atom. The van der Waals surface area contributed by atoms with Crippen LogP contribution in [0.15, 0.2) is 60.9 Å². The summed E-state index contributed by atoms with van der Waals surface area (Å²) in [7, 11) is 0. The zero-order valence-corrected chi connectivity index (χ0v) is 11.4. The van der Waals surface area contributed by atoms with Gasteiger partial charge in [0.05, 0.1) is 5.56 Å². The van der Waals surface area contributed by atoms with Gasteiger partial charge in [0.15, 0.2) is 0 Å². The summed E-state index contributed by atoms with van der Waals surface area (Å²) in [5, 5.41) is 9.27. The molecular weight excluding hydrogens is 268 g/mol. The number of carbonyl (C=O) groups excluding carboxylic acids is 1. The summed E-state index contributed by atoms with van der Waals surface area (Å²) in [4.78, 5) is 23.2. The van der Waals surface area contributed by atoms with Crippen molar-refractivity contribution in [3.8, 4) is 0 Å². The van der Waals surface area contributed by atoms with Crippen molar-refractivity contribution < 1.29 is 19.4 Å². The van der Waals surface area contributed by atoms with E-state index in [1.165, 1.54) is 0 Å². The van der Waals surface area contributed by atoms with E-state index in [1.807, 2.05) is 6.07 Å². The normalized spacial score (nSPS) is 11.0. The van der Waals surface area contributed by atoms with E-state index in [0.29, 0.717) is 11.1 Å². The van der Waals surface area contributed by atoms with Gasteiger partial charge >= 0.3 is 11.9 Å². The van der Waals surface area contributed by atoms with Gasteiger partial charge in [0.1, 0.15) is 11.8 Å². The Balaban J connectivity index is 2.26. The summed E-state index contributed by atoms with van der Waals surface area (Å²) in [6.07, 6.45) is 0.986. The predicted octanol–water partition coefficient (Wildman–Crippen LogP) is 3.28. The molecule has 0 aliphatic rings. The third-order valence-electron chi connectivity index (χ3n) is 2.96. The molecule has 0 aliphatic carbocycles. The first-order valence-electron chi connectivity index (χ1n) is 6.35. The maximum atomic E-state index is 11.8. The van der Waals surface area contributed by atoms with Crippen LogP contribution in [0, 0.1) is 6.92 Å². The van der Waals surface area contributed by atoms with Crippen LogP contribution in [-0.2, 0) is 9.53 Å². The quantitative estimate of drug-likeness (QED) is 0.531. The molecule has 0 aliphatic heterocycles. The van der Waals surface area contributed by atoms with Gasteiger partial charge in [-0.05, 0) is 30.2 Å². The third-order valence-corrected chi connectivity index (χ3v) is 2.96. The highest BCUT2D eigenvalue weighted by Crippen LogP contribution is 2.19. The van der Waals surface area contributed by atoms with Gasteiger partial charge in [0.25, 0.3) is 0 Å². The van der Waals surface area contributed by atoms with Gasteiger partial charge in [-0.15, -0.1) is 0 Å². The van der Waals surface area contributed by atoms with Gasteiger partial charge < -0.3 is 9.84 Å². The number of benzene rings is 2. The van der Waals surface area contributed by atoms with Crippen LogP contribution in [0.4, 0.5) is 0 Å². The largest absolute Gasteiger partial charge is 0.478 e. The van der Waals surface area contributed by atoms with E-state index in [-0.39, 0.29) is 5.57 Å². The topological polar surface area (TPSA) is 63.6 Å². The lowest BCUT2D eigenvalue weighted by Gasteiger charge is -2.06. The lowest BCUT2D eigenvalue weighted by molar-refractivity contribution is -0.130. The molecule has 0 saturated carbocycles. The number of hydrogen-bond acceptors (Lipinski definition) is 3. The molecule has 106 valence electrons. The van der Waals surface area contributed by atoms with E-state index < -0.39 is 11.9 Å². The summed E-state index contributed by atoms with van der Waals surface area (Å²) < 4.78 is 4.98. The molecule has 0 atom stereocenters. The summed E-state index contributed by atoms with van der Waals surface area (Å²) in [5.41, 5.74) is 1.62. The van der Waals surface area contributed by atoms with Crippen LogP contribution in [0.3, 0.4) is 0 Å². The highest BCUT2D eigenvalue weighted by molar-refractivity contribution is 6.15. The molecule has 0 heterocycles. The SMILES string of the molecule is Cc1ccccc1/C(=C\OC(=O)c1ccccc1)C(=O)O. The van der Waals surface area contributed by atoms with Crippen LogP contribution in [0.2, 0.25) is 0 Å². The fourth-order valence-corrected chi connectivity index (χ4v) is 1.86. The van der Waals surface area contributed by atoms with Crippen molar-refractivity contribution in [3.05, 3.63) is 77.5 Å². The number of ether oxygens (including phenoxy) is 1. The van der Waals surface area contributed by atoms with Crippen LogP contribution in [-0.4, -0.2) is 17.0 Å². The molecule has 0 fully saturated rings. The second kappa shape index (κ2) is 6.52. The number of aliphatic carboxylic acids is 1. The Hall–Kier alpha value is -2.88. The summed E-state index contributed by atoms with van der Waals surface area (Å²) in [5.74, 6) is -1.74. The minimum absolute atomic E-state index is 0.0580. The zero-order valence-electron chi connectivity index (χ0n) is 11.4. The highest BCUT2D eigenvalue weighted by Gasteiger charge is 2.14. The van der Waals surface area contributed by atoms with Crippen LogP contribution in [0.25, 0.3) is 5.57 Å². The number of rotatable bonds is 4. The van der Waals surface area contributed by atoms with Gasteiger partial charge in [-0.3, -0.25) is 0 Å². The second-order valence-corrected chi connectivity index (χ2v) is 4.42. The van der Waals surface area contributed by atoms with Gasteiger partial charge in [-0.1, -0.05) is 42.5 Å². The van der Waals surface area contributed by atoms with Crippen molar-refractivity contribution in [1.29, 1.82) is 0 Å². The summed E-state index contributed by atoms with van der Waals surface area (Å²) in [6.45, 7) is 1.80. The second-order valence-electron chi connectivity index (χ2n) is 4.42. The zero-order chi connectivity index (χ0) is 15.2. The van der Waals surface area contributed by atoms with E-state index in [4.69, 9.17) is 4.74 Å². The molecule has 0 bridgehead atoms. The Bertz CT molecular complexity index is 687. The lowest BCUT2D eigenvalue weighted by atomic mass is 10.0. The van der Waals surface area contributed by atoms with Gasteiger partial charge in [-0.2, -0.15) is 0 Å². The molecule has 2 aromatic rings. The molecule has 1 N–H and O–H groups in total. The fourth-order valence-electron chi connectivity index (χ4n) is 1.86. The maximum Gasteiger partial charge on any atom is 0.342 e. The van der Waals surface area contributed by atoms with Gasteiger partial charge in [0.2, 0.25) is 0 Å². The van der Waals surface area contributed by atoms with Crippen molar-refractivity contribution in [2.24, 2.45) is 0 Å².